The topological polar surface area (TPSA) is 50.4 Å². The van der Waals surface area contributed by atoms with E-state index in [0.717, 1.165) is 63.8 Å². The van der Waals surface area contributed by atoms with Gasteiger partial charge in [0, 0.05) is 0 Å². The number of nitrogens with one attached hydrogen (secondary N) is 2. The van der Waals surface area contributed by atoms with Gasteiger partial charge in [0.15, 0.2) is 0 Å². The van der Waals surface area contributed by atoms with Crippen LogP contribution in [0, 0.1) is 11.3 Å². The first-order valence-corrected chi connectivity index (χ1v) is 10.3. The molecule has 144 valence electrons. The molecular formula is C22H34N2O2. The van der Waals surface area contributed by atoms with Crippen molar-refractivity contribution in [3.05, 3.63) is 29.8 Å². The van der Waals surface area contributed by atoms with Crippen molar-refractivity contribution in [2.45, 2.75) is 64.8 Å². The van der Waals surface area contributed by atoms with Gasteiger partial charge in [0.1, 0.15) is 12.4 Å². The van der Waals surface area contributed by atoms with E-state index in [2.05, 4.69) is 42.7 Å². The summed E-state index contributed by atoms with van der Waals surface area (Å²) in [4.78, 5) is 13.3. The standard InChI is InChI=1S/C22H34N2O2/c1-17(2)15-19-16-26-20-9-4-3-7-18(20)8-5-6-10-22(21(25)24-19)11-13-23-14-12-22/h3-4,7,9,17,19,23H,5-6,8,10-16H2,1-2H3,(H,24,25)/t19-/m0/s1. The number of benzene rings is 1. The summed E-state index contributed by atoms with van der Waals surface area (Å²) in [5.41, 5.74) is 1.10. The van der Waals surface area contributed by atoms with Gasteiger partial charge in [-0.05, 0) is 69.2 Å². The van der Waals surface area contributed by atoms with E-state index in [1.807, 2.05) is 6.07 Å². The van der Waals surface area contributed by atoms with E-state index in [-0.39, 0.29) is 17.4 Å². The summed E-state index contributed by atoms with van der Waals surface area (Å²) in [6.45, 7) is 6.85. The Morgan fingerprint density at radius 1 is 1.15 bits per heavy atom. The van der Waals surface area contributed by atoms with Crippen LogP contribution < -0.4 is 15.4 Å². The Labute approximate surface area is 158 Å². The molecule has 1 spiro atoms. The van der Waals surface area contributed by atoms with Crippen LogP contribution in [0.4, 0.5) is 0 Å². The Kier molecular flexibility index (Phi) is 6.58. The molecule has 1 aromatic rings. The SMILES string of the molecule is CC(C)C[C@H]1COc2ccccc2CCCCC2(CCNCC2)C(=O)N1. The van der Waals surface area contributed by atoms with E-state index in [1.54, 1.807) is 0 Å². The molecule has 3 rings (SSSR count). The van der Waals surface area contributed by atoms with Crippen LogP contribution in [0.3, 0.4) is 0 Å². The number of hydrogen-bond acceptors (Lipinski definition) is 3. The molecule has 0 bridgehead atoms. The van der Waals surface area contributed by atoms with E-state index in [0.29, 0.717) is 12.5 Å². The van der Waals surface area contributed by atoms with Gasteiger partial charge in [-0.3, -0.25) is 4.79 Å². The first kappa shape index (κ1) is 19.2. The van der Waals surface area contributed by atoms with E-state index in [4.69, 9.17) is 4.74 Å². The number of carbonyl (C=O) groups is 1. The van der Waals surface area contributed by atoms with Gasteiger partial charge in [-0.25, -0.2) is 0 Å². The molecule has 0 aromatic heterocycles. The molecule has 1 fully saturated rings. The molecule has 1 saturated heterocycles. The van der Waals surface area contributed by atoms with E-state index in [1.165, 1.54) is 5.56 Å². The zero-order chi connectivity index (χ0) is 18.4. The summed E-state index contributed by atoms with van der Waals surface area (Å²) in [5, 5.41) is 6.78. The van der Waals surface area contributed by atoms with Crippen LogP contribution >= 0.6 is 0 Å². The van der Waals surface area contributed by atoms with E-state index >= 15 is 0 Å². The third kappa shape index (κ3) is 4.79. The average Bonchev–Trinajstić information content (AvgIpc) is 2.63. The molecule has 2 N–H and O–H groups in total. The zero-order valence-corrected chi connectivity index (χ0v) is 16.4. The highest BCUT2D eigenvalue weighted by Gasteiger charge is 2.39. The van der Waals surface area contributed by atoms with Gasteiger partial charge < -0.3 is 15.4 Å². The fourth-order valence-corrected chi connectivity index (χ4v) is 4.39. The summed E-state index contributed by atoms with van der Waals surface area (Å²) in [7, 11) is 0. The maximum atomic E-state index is 13.3. The van der Waals surface area contributed by atoms with Crippen LogP contribution in [-0.4, -0.2) is 31.6 Å². The quantitative estimate of drug-likeness (QED) is 0.848. The van der Waals surface area contributed by atoms with Crippen molar-refractivity contribution in [1.29, 1.82) is 0 Å². The fourth-order valence-electron chi connectivity index (χ4n) is 4.39. The van der Waals surface area contributed by atoms with Gasteiger partial charge in [-0.2, -0.15) is 0 Å². The maximum Gasteiger partial charge on any atom is 0.226 e. The van der Waals surface area contributed by atoms with Crippen molar-refractivity contribution >= 4 is 5.91 Å². The predicted molar refractivity (Wildman–Crippen MR) is 105 cm³/mol. The van der Waals surface area contributed by atoms with Crippen molar-refractivity contribution in [3.63, 3.8) is 0 Å². The number of aryl methyl sites for hydroxylation is 1. The van der Waals surface area contributed by atoms with Crippen LogP contribution in [0.15, 0.2) is 24.3 Å². The van der Waals surface area contributed by atoms with Crippen molar-refractivity contribution in [3.8, 4) is 5.75 Å². The van der Waals surface area contributed by atoms with Gasteiger partial charge in [0.2, 0.25) is 5.91 Å². The highest BCUT2D eigenvalue weighted by Crippen LogP contribution is 2.36. The summed E-state index contributed by atoms with van der Waals surface area (Å²) in [5.74, 6) is 1.76. The second kappa shape index (κ2) is 8.90. The number of amides is 1. The molecule has 0 aliphatic carbocycles. The monoisotopic (exact) mass is 358 g/mol. The summed E-state index contributed by atoms with van der Waals surface area (Å²) >= 11 is 0. The molecule has 0 unspecified atom stereocenters. The maximum absolute atomic E-state index is 13.3. The number of ether oxygens (including phenoxy) is 1. The molecule has 0 radical (unpaired) electrons. The zero-order valence-electron chi connectivity index (χ0n) is 16.4. The second-order valence-corrected chi connectivity index (χ2v) is 8.46. The lowest BCUT2D eigenvalue weighted by molar-refractivity contribution is -0.134. The number of fused-ring (bicyclic) bond motifs is 1. The normalized spacial score (nSPS) is 24.1. The number of hydrogen-bond donors (Lipinski definition) is 2. The van der Waals surface area contributed by atoms with E-state index < -0.39 is 0 Å². The third-order valence-corrected chi connectivity index (χ3v) is 5.90. The predicted octanol–water partition coefficient (Wildman–Crippen LogP) is 3.69. The van der Waals surface area contributed by atoms with Gasteiger partial charge in [-0.15, -0.1) is 0 Å². The van der Waals surface area contributed by atoms with Crippen LogP contribution in [0.1, 0.15) is 57.9 Å². The van der Waals surface area contributed by atoms with E-state index in [9.17, 15) is 4.79 Å². The number of carbonyl (C=O) groups excluding carboxylic acids is 1. The Bertz CT molecular complexity index is 594. The molecule has 1 atom stereocenters. The minimum Gasteiger partial charge on any atom is -0.491 e. The molecule has 4 nitrogen and oxygen atoms in total. The Hall–Kier alpha value is -1.55. The number of para-hydroxylation sites is 1. The smallest absolute Gasteiger partial charge is 0.226 e. The lowest BCUT2D eigenvalue weighted by Gasteiger charge is -2.38. The number of piperidine rings is 1. The molecule has 1 aromatic carbocycles. The lowest BCUT2D eigenvalue weighted by Crippen LogP contribution is -2.51. The minimum absolute atomic E-state index is 0.0711. The highest BCUT2D eigenvalue weighted by atomic mass is 16.5. The van der Waals surface area contributed by atoms with Crippen LogP contribution in [0.5, 0.6) is 5.75 Å². The Morgan fingerprint density at radius 3 is 2.69 bits per heavy atom. The third-order valence-electron chi connectivity index (χ3n) is 5.90. The fraction of sp³-hybridized carbons (Fsp3) is 0.682. The highest BCUT2D eigenvalue weighted by molar-refractivity contribution is 5.83. The second-order valence-electron chi connectivity index (χ2n) is 8.46. The van der Waals surface area contributed by atoms with Crippen molar-refractivity contribution in [1.82, 2.24) is 10.6 Å². The van der Waals surface area contributed by atoms with Gasteiger partial charge in [0.25, 0.3) is 0 Å². The largest absolute Gasteiger partial charge is 0.491 e. The average molecular weight is 359 g/mol. The Morgan fingerprint density at radius 2 is 1.92 bits per heavy atom. The molecular weight excluding hydrogens is 324 g/mol. The Balaban J connectivity index is 1.81. The summed E-state index contributed by atoms with van der Waals surface area (Å²) < 4.78 is 6.17. The van der Waals surface area contributed by atoms with Gasteiger partial charge in [0.05, 0.1) is 11.5 Å². The molecule has 0 saturated carbocycles. The molecule has 2 heterocycles. The summed E-state index contributed by atoms with van der Waals surface area (Å²) in [6.07, 6.45) is 7.07. The first-order chi connectivity index (χ1) is 12.6. The van der Waals surface area contributed by atoms with Crippen LogP contribution in [-0.2, 0) is 11.2 Å². The molecule has 2 aliphatic heterocycles. The first-order valence-electron chi connectivity index (χ1n) is 10.3. The summed E-state index contributed by atoms with van der Waals surface area (Å²) in [6, 6.07) is 8.43. The van der Waals surface area contributed by atoms with Crippen LogP contribution in [0.25, 0.3) is 0 Å². The molecule has 2 aliphatic rings. The molecule has 4 heteroatoms. The molecule has 1 amide bonds. The minimum atomic E-state index is -0.195. The number of rotatable bonds is 2. The van der Waals surface area contributed by atoms with Crippen molar-refractivity contribution in [2.24, 2.45) is 11.3 Å². The van der Waals surface area contributed by atoms with Gasteiger partial charge in [-0.1, -0.05) is 38.5 Å². The van der Waals surface area contributed by atoms with Crippen molar-refractivity contribution < 1.29 is 9.53 Å². The molecule has 26 heavy (non-hydrogen) atoms. The lowest BCUT2D eigenvalue weighted by atomic mass is 9.73. The van der Waals surface area contributed by atoms with Crippen LogP contribution in [0.2, 0.25) is 0 Å². The van der Waals surface area contributed by atoms with Crippen molar-refractivity contribution in [2.75, 3.05) is 19.7 Å². The van der Waals surface area contributed by atoms with Gasteiger partial charge >= 0.3 is 0 Å².